The van der Waals surface area contributed by atoms with Gasteiger partial charge in [0.15, 0.2) is 0 Å². The van der Waals surface area contributed by atoms with Crippen LogP contribution in [0.2, 0.25) is 0 Å². The molecule has 2 amide bonds. The largest absolute Gasteiger partial charge is 0.475 e. The van der Waals surface area contributed by atoms with E-state index >= 15 is 0 Å². The van der Waals surface area contributed by atoms with Crippen LogP contribution in [-0.4, -0.2) is 42.8 Å². The maximum absolute atomic E-state index is 12.4. The molecule has 0 saturated heterocycles. The Bertz CT molecular complexity index is 689. The smallest absolute Gasteiger partial charge is 0.317 e. The average molecular weight is 347 g/mol. The van der Waals surface area contributed by atoms with Gasteiger partial charge in [-0.05, 0) is 29.5 Å². The van der Waals surface area contributed by atoms with Crippen LogP contribution in [0.1, 0.15) is 16.0 Å². The fraction of sp³-hybridized carbons (Fsp3) is 0.412. The average Bonchev–Trinajstić information content (AvgIpc) is 3.08. The van der Waals surface area contributed by atoms with Crippen molar-refractivity contribution in [3.8, 4) is 5.88 Å². The maximum Gasteiger partial charge on any atom is 0.317 e. The van der Waals surface area contributed by atoms with Crippen molar-refractivity contribution in [1.82, 2.24) is 15.2 Å². The second kappa shape index (κ2) is 8.12. The number of nitrogens with one attached hydrogen (secondary N) is 1. The summed E-state index contributed by atoms with van der Waals surface area (Å²) in [5, 5.41) is 5.05. The lowest BCUT2D eigenvalue weighted by atomic mass is 10.1. The van der Waals surface area contributed by atoms with Gasteiger partial charge in [0.25, 0.3) is 0 Å². The molecule has 24 heavy (non-hydrogen) atoms. The molecule has 3 heterocycles. The van der Waals surface area contributed by atoms with E-state index in [9.17, 15) is 4.79 Å². The zero-order valence-corrected chi connectivity index (χ0v) is 14.5. The van der Waals surface area contributed by atoms with Crippen LogP contribution in [0.15, 0.2) is 29.8 Å². The molecule has 0 atom stereocenters. The summed E-state index contributed by atoms with van der Waals surface area (Å²) in [6, 6.07) is 5.78. The van der Waals surface area contributed by atoms with E-state index < -0.39 is 0 Å². The number of fused-ring (bicyclic) bond motifs is 1. The molecule has 1 aliphatic heterocycles. The maximum atomic E-state index is 12.4. The number of aromatic nitrogens is 1. The number of hydrogen-bond acceptors (Lipinski definition) is 5. The monoisotopic (exact) mass is 347 g/mol. The Morgan fingerprint density at radius 3 is 3.21 bits per heavy atom. The van der Waals surface area contributed by atoms with Crippen molar-refractivity contribution in [2.24, 2.45) is 0 Å². The molecule has 0 unspecified atom stereocenters. The van der Waals surface area contributed by atoms with E-state index in [1.54, 1.807) is 24.6 Å². The Labute approximate surface area is 145 Å². The number of ether oxygens (including phenoxy) is 2. The van der Waals surface area contributed by atoms with Crippen molar-refractivity contribution in [2.45, 2.75) is 19.5 Å². The molecule has 0 aromatic carbocycles. The summed E-state index contributed by atoms with van der Waals surface area (Å²) in [5.74, 6) is 0.536. The topological polar surface area (TPSA) is 63.7 Å². The molecule has 0 bridgehead atoms. The molecule has 7 heteroatoms. The minimum atomic E-state index is -0.0569. The van der Waals surface area contributed by atoms with Crippen molar-refractivity contribution in [3.63, 3.8) is 0 Å². The van der Waals surface area contributed by atoms with Crippen molar-refractivity contribution in [2.75, 3.05) is 26.9 Å². The molecule has 0 saturated carbocycles. The van der Waals surface area contributed by atoms with Crippen molar-refractivity contribution in [1.29, 1.82) is 0 Å². The molecular weight excluding hydrogens is 326 g/mol. The standard InChI is InChI=1S/C17H21N3O3S/c1-22-8-9-23-16-13(3-2-6-18-16)11-19-17(21)20-7-4-15-14(12-20)5-10-24-15/h2-3,5-6,10H,4,7-9,11-12H2,1H3,(H,19,21). The zero-order chi connectivity index (χ0) is 16.8. The third-order valence-corrected chi connectivity index (χ3v) is 4.92. The minimum Gasteiger partial charge on any atom is -0.475 e. The Morgan fingerprint density at radius 1 is 1.42 bits per heavy atom. The van der Waals surface area contributed by atoms with Crippen LogP contribution in [-0.2, 0) is 24.2 Å². The molecule has 2 aromatic heterocycles. The number of methoxy groups -OCH3 is 1. The molecule has 0 spiro atoms. The zero-order valence-electron chi connectivity index (χ0n) is 13.7. The highest BCUT2D eigenvalue weighted by atomic mass is 32.1. The highest BCUT2D eigenvalue weighted by Gasteiger charge is 2.21. The van der Waals surface area contributed by atoms with Gasteiger partial charge in [0, 0.05) is 43.4 Å². The fourth-order valence-corrected chi connectivity index (χ4v) is 3.50. The molecule has 128 valence electrons. The van der Waals surface area contributed by atoms with E-state index in [1.165, 1.54) is 10.4 Å². The summed E-state index contributed by atoms with van der Waals surface area (Å²) in [6.07, 6.45) is 2.61. The van der Waals surface area contributed by atoms with Gasteiger partial charge >= 0.3 is 6.03 Å². The molecule has 1 N–H and O–H groups in total. The lowest BCUT2D eigenvalue weighted by molar-refractivity contribution is 0.143. The predicted molar refractivity (Wildman–Crippen MR) is 92.3 cm³/mol. The fourth-order valence-electron chi connectivity index (χ4n) is 2.61. The first-order chi connectivity index (χ1) is 11.8. The third-order valence-electron chi connectivity index (χ3n) is 3.90. The first-order valence-electron chi connectivity index (χ1n) is 7.91. The number of urea groups is 1. The second-order valence-electron chi connectivity index (χ2n) is 5.51. The lowest BCUT2D eigenvalue weighted by Gasteiger charge is -2.27. The quantitative estimate of drug-likeness (QED) is 0.815. The predicted octanol–water partition coefficient (Wildman–Crippen LogP) is 2.44. The van der Waals surface area contributed by atoms with Gasteiger partial charge in [-0.1, -0.05) is 6.07 Å². The van der Waals surface area contributed by atoms with Gasteiger partial charge in [-0.15, -0.1) is 11.3 Å². The van der Waals surface area contributed by atoms with Crippen LogP contribution in [0.5, 0.6) is 5.88 Å². The van der Waals surface area contributed by atoms with Crippen LogP contribution in [0.4, 0.5) is 4.79 Å². The number of thiophene rings is 1. The summed E-state index contributed by atoms with van der Waals surface area (Å²) in [5.41, 5.74) is 2.11. The highest BCUT2D eigenvalue weighted by molar-refractivity contribution is 7.10. The van der Waals surface area contributed by atoms with Crippen molar-refractivity contribution in [3.05, 3.63) is 45.8 Å². The van der Waals surface area contributed by atoms with Gasteiger partial charge < -0.3 is 19.7 Å². The SMILES string of the molecule is COCCOc1ncccc1CNC(=O)N1CCc2sccc2C1. The van der Waals surface area contributed by atoms with E-state index in [1.807, 2.05) is 17.0 Å². The van der Waals surface area contributed by atoms with Crippen LogP contribution in [0.25, 0.3) is 0 Å². The summed E-state index contributed by atoms with van der Waals surface area (Å²) in [4.78, 5) is 19.9. The molecule has 0 fully saturated rings. The van der Waals surface area contributed by atoms with E-state index in [0.29, 0.717) is 32.2 Å². The highest BCUT2D eigenvalue weighted by Crippen LogP contribution is 2.24. The number of carbonyl (C=O) groups excluding carboxylic acids is 1. The number of nitrogens with zero attached hydrogens (tertiary/aromatic N) is 2. The number of hydrogen-bond donors (Lipinski definition) is 1. The van der Waals surface area contributed by atoms with Gasteiger partial charge in [0.2, 0.25) is 5.88 Å². The van der Waals surface area contributed by atoms with Gasteiger partial charge in [0.05, 0.1) is 6.61 Å². The van der Waals surface area contributed by atoms with Crippen molar-refractivity contribution >= 4 is 17.4 Å². The molecule has 6 nitrogen and oxygen atoms in total. The molecule has 2 aromatic rings. The summed E-state index contributed by atoms with van der Waals surface area (Å²) < 4.78 is 10.6. The normalized spacial score (nSPS) is 13.5. The Hall–Kier alpha value is -2.12. The number of amides is 2. The van der Waals surface area contributed by atoms with E-state index in [2.05, 4.69) is 21.7 Å². The van der Waals surface area contributed by atoms with E-state index in [0.717, 1.165) is 18.5 Å². The first-order valence-corrected chi connectivity index (χ1v) is 8.79. The lowest BCUT2D eigenvalue weighted by Crippen LogP contribution is -2.42. The van der Waals surface area contributed by atoms with E-state index in [-0.39, 0.29) is 6.03 Å². The van der Waals surface area contributed by atoms with Gasteiger partial charge in [-0.25, -0.2) is 9.78 Å². The van der Waals surface area contributed by atoms with Gasteiger partial charge in [0.1, 0.15) is 6.61 Å². The van der Waals surface area contributed by atoms with Crippen LogP contribution >= 0.6 is 11.3 Å². The molecular formula is C17H21N3O3S. The van der Waals surface area contributed by atoms with Crippen LogP contribution in [0.3, 0.4) is 0 Å². The number of pyridine rings is 1. The Balaban J connectivity index is 1.55. The minimum absolute atomic E-state index is 0.0569. The molecule has 1 aliphatic rings. The summed E-state index contributed by atoms with van der Waals surface area (Å²) in [6.45, 7) is 2.75. The van der Waals surface area contributed by atoms with Crippen LogP contribution < -0.4 is 10.1 Å². The van der Waals surface area contributed by atoms with Crippen LogP contribution in [0, 0.1) is 0 Å². The molecule has 0 aliphatic carbocycles. The first kappa shape index (κ1) is 16.7. The molecule has 0 radical (unpaired) electrons. The summed E-state index contributed by atoms with van der Waals surface area (Å²) >= 11 is 1.77. The number of rotatable bonds is 6. The van der Waals surface area contributed by atoms with Crippen molar-refractivity contribution < 1.29 is 14.3 Å². The third kappa shape index (κ3) is 4.04. The Morgan fingerprint density at radius 2 is 2.33 bits per heavy atom. The Kier molecular flexibility index (Phi) is 5.66. The summed E-state index contributed by atoms with van der Waals surface area (Å²) in [7, 11) is 1.63. The number of carbonyl (C=O) groups is 1. The second-order valence-corrected chi connectivity index (χ2v) is 6.51. The molecule has 3 rings (SSSR count). The van der Waals surface area contributed by atoms with Gasteiger partial charge in [-0.2, -0.15) is 0 Å². The van der Waals surface area contributed by atoms with Gasteiger partial charge in [-0.3, -0.25) is 0 Å². The van der Waals surface area contributed by atoms with E-state index in [4.69, 9.17) is 9.47 Å².